The fourth-order valence-electron chi connectivity index (χ4n) is 2.79. The van der Waals surface area contributed by atoms with Crippen molar-refractivity contribution in [2.75, 3.05) is 17.2 Å². The van der Waals surface area contributed by atoms with E-state index in [1.54, 1.807) is 18.2 Å². The summed E-state index contributed by atoms with van der Waals surface area (Å²) >= 11 is 0. The number of benzene rings is 2. The molecule has 0 spiro atoms. The third-order valence-corrected chi connectivity index (χ3v) is 4.12. The van der Waals surface area contributed by atoms with Gasteiger partial charge in [-0.2, -0.15) is 5.26 Å². The molecule has 0 aromatic heterocycles. The van der Waals surface area contributed by atoms with Crippen molar-refractivity contribution in [2.45, 2.75) is 39.5 Å². The largest absolute Gasteiger partial charge is 0.375 e. The zero-order valence-corrected chi connectivity index (χ0v) is 15.3. The normalized spacial score (nSPS) is 10.6. The Labute approximate surface area is 149 Å². The summed E-state index contributed by atoms with van der Waals surface area (Å²) in [6.07, 6.45) is 0. The van der Waals surface area contributed by atoms with Crippen molar-refractivity contribution >= 4 is 17.3 Å². The summed E-state index contributed by atoms with van der Waals surface area (Å²) in [4.78, 5) is 12.5. The van der Waals surface area contributed by atoms with Crippen LogP contribution in [-0.2, 0) is 4.79 Å². The number of nitriles is 1. The summed E-state index contributed by atoms with van der Waals surface area (Å²) in [5.74, 6) is 0.519. The molecule has 2 aromatic carbocycles. The van der Waals surface area contributed by atoms with Gasteiger partial charge in [0.2, 0.25) is 5.91 Å². The van der Waals surface area contributed by atoms with E-state index < -0.39 is 0 Å². The Morgan fingerprint density at radius 3 is 2.16 bits per heavy atom. The first kappa shape index (κ1) is 18.5. The fourth-order valence-corrected chi connectivity index (χ4v) is 2.79. The predicted molar refractivity (Wildman–Crippen MR) is 103 cm³/mol. The lowest BCUT2D eigenvalue weighted by atomic mass is 9.92. The second-order valence-corrected chi connectivity index (χ2v) is 6.68. The molecule has 0 saturated carbocycles. The number of nitrogens with zero attached hydrogens (tertiary/aromatic N) is 1. The average molecular weight is 335 g/mol. The van der Waals surface area contributed by atoms with E-state index in [9.17, 15) is 4.79 Å². The van der Waals surface area contributed by atoms with E-state index in [0.717, 1.165) is 16.8 Å². The molecule has 4 heteroatoms. The van der Waals surface area contributed by atoms with E-state index in [1.165, 1.54) is 0 Å². The molecule has 0 aliphatic heterocycles. The highest BCUT2D eigenvalue weighted by Crippen LogP contribution is 2.32. The van der Waals surface area contributed by atoms with E-state index in [1.807, 2.05) is 12.1 Å². The molecule has 130 valence electrons. The second-order valence-electron chi connectivity index (χ2n) is 6.68. The van der Waals surface area contributed by atoms with Crippen molar-refractivity contribution in [2.24, 2.45) is 0 Å². The highest BCUT2D eigenvalue weighted by Gasteiger charge is 2.16. The van der Waals surface area contributed by atoms with E-state index in [0.29, 0.717) is 23.1 Å². The molecule has 0 heterocycles. The lowest BCUT2D eigenvalue weighted by Gasteiger charge is -2.20. The molecular formula is C21H25N3O. The lowest BCUT2D eigenvalue weighted by molar-refractivity contribution is -0.114. The predicted octanol–water partition coefficient (Wildman–Crippen LogP) is 4.86. The topological polar surface area (TPSA) is 64.9 Å². The van der Waals surface area contributed by atoms with Crippen LogP contribution in [0.2, 0.25) is 0 Å². The third-order valence-electron chi connectivity index (χ3n) is 4.12. The molecule has 2 N–H and O–H groups in total. The van der Waals surface area contributed by atoms with E-state index in [-0.39, 0.29) is 12.5 Å². The summed E-state index contributed by atoms with van der Waals surface area (Å²) in [7, 11) is 0. The highest BCUT2D eigenvalue weighted by atomic mass is 16.1. The van der Waals surface area contributed by atoms with Crippen molar-refractivity contribution in [3.63, 3.8) is 0 Å². The number of para-hydroxylation sites is 2. The average Bonchev–Trinajstić information content (AvgIpc) is 2.59. The molecular weight excluding hydrogens is 310 g/mol. The number of anilines is 2. The van der Waals surface area contributed by atoms with Crippen LogP contribution in [0.15, 0.2) is 42.5 Å². The number of carbonyl (C=O) groups is 1. The standard InChI is InChI=1S/C21H25N3O/c1-14(2)17-9-7-10-18(15(3)4)21(17)24-20(25)13-23-19-11-6-5-8-16(19)12-22/h5-11,14-15,23H,13H2,1-4H3,(H,24,25). The van der Waals surface area contributed by atoms with E-state index in [4.69, 9.17) is 5.26 Å². The number of nitrogens with one attached hydrogen (secondary N) is 2. The molecule has 4 nitrogen and oxygen atoms in total. The third kappa shape index (κ3) is 4.60. The molecule has 0 aliphatic carbocycles. The van der Waals surface area contributed by atoms with Crippen molar-refractivity contribution in [1.82, 2.24) is 0 Å². The van der Waals surface area contributed by atoms with Gasteiger partial charge in [0.1, 0.15) is 6.07 Å². The minimum Gasteiger partial charge on any atom is -0.375 e. The Bertz CT molecular complexity index is 762. The van der Waals surface area contributed by atoms with Crippen LogP contribution in [0.4, 0.5) is 11.4 Å². The van der Waals surface area contributed by atoms with Crippen LogP contribution in [-0.4, -0.2) is 12.5 Å². The van der Waals surface area contributed by atoms with Crippen molar-refractivity contribution in [3.05, 3.63) is 59.2 Å². The van der Waals surface area contributed by atoms with Gasteiger partial charge in [0.05, 0.1) is 17.8 Å². The van der Waals surface area contributed by atoms with Crippen molar-refractivity contribution in [1.29, 1.82) is 5.26 Å². The number of carbonyl (C=O) groups excluding carboxylic acids is 1. The van der Waals surface area contributed by atoms with Gasteiger partial charge in [-0.15, -0.1) is 0 Å². The van der Waals surface area contributed by atoms with Crippen LogP contribution in [0.25, 0.3) is 0 Å². The first-order chi connectivity index (χ1) is 11.9. The minimum atomic E-state index is -0.122. The summed E-state index contributed by atoms with van der Waals surface area (Å²) in [6.45, 7) is 8.60. The molecule has 2 rings (SSSR count). The van der Waals surface area contributed by atoms with Crippen LogP contribution in [0, 0.1) is 11.3 Å². The summed E-state index contributed by atoms with van der Waals surface area (Å²) in [5, 5.41) is 15.2. The van der Waals surface area contributed by atoms with E-state index >= 15 is 0 Å². The Balaban J connectivity index is 2.16. The number of hydrogen-bond acceptors (Lipinski definition) is 3. The smallest absolute Gasteiger partial charge is 0.243 e. The van der Waals surface area contributed by atoms with Gasteiger partial charge in [-0.1, -0.05) is 58.0 Å². The molecule has 25 heavy (non-hydrogen) atoms. The van der Waals surface area contributed by atoms with Gasteiger partial charge in [0, 0.05) is 5.69 Å². The molecule has 0 aliphatic rings. The maximum Gasteiger partial charge on any atom is 0.243 e. The number of hydrogen-bond donors (Lipinski definition) is 2. The van der Waals surface area contributed by atoms with Gasteiger partial charge >= 0.3 is 0 Å². The quantitative estimate of drug-likeness (QED) is 0.792. The van der Waals surface area contributed by atoms with Gasteiger partial charge < -0.3 is 10.6 Å². The molecule has 1 amide bonds. The summed E-state index contributed by atoms with van der Waals surface area (Å²) in [6, 6.07) is 15.5. The number of amides is 1. The van der Waals surface area contributed by atoms with Crippen LogP contribution in [0.1, 0.15) is 56.2 Å². The SMILES string of the molecule is CC(C)c1cccc(C(C)C)c1NC(=O)CNc1ccccc1C#N. The Morgan fingerprint density at radius 1 is 1.00 bits per heavy atom. The molecule has 0 atom stereocenters. The molecule has 2 aromatic rings. The van der Waals surface area contributed by atoms with Crippen molar-refractivity contribution in [3.8, 4) is 6.07 Å². The zero-order valence-electron chi connectivity index (χ0n) is 15.3. The molecule has 0 unspecified atom stereocenters. The van der Waals surface area contributed by atoms with Crippen LogP contribution >= 0.6 is 0 Å². The van der Waals surface area contributed by atoms with Crippen LogP contribution in [0.3, 0.4) is 0 Å². The Hall–Kier alpha value is -2.80. The first-order valence-electron chi connectivity index (χ1n) is 8.59. The Morgan fingerprint density at radius 2 is 1.60 bits per heavy atom. The van der Waals surface area contributed by atoms with Gasteiger partial charge in [-0.25, -0.2) is 0 Å². The summed E-state index contributed by atoms with van der Waals surface area (Å²) < 4.78 is 0. The molecule has 0 radical (unpaired) electrons. The molecule has 0 bridgehead atoms. The van der Waals surface area contributed by atoms with Crippen molar-refractivity contribution < 1.29 is 4.79 Å². The fraction of sp³-hybridized carbons (Fsp3) is 0.333. The monoisotopic (exact) mass is 335 g/mol. The van der Waals surface area contributed by atoms with Crippen LogP contribution in [0.5, 0.6) is 0 Å². The van der Waals surface area contributed by atoms with Gasteiger partial charge in [0.15, 0.2) is 0 Å². The lowest BCUT2D eigenvalue weighted by Crippen LogP contribution is -2.23. The second kappa shape index (κ2) is 8.34. The molecule has 0 fully saturated rings. The maximum atomic E-state index is 12.5. The zero-order chi connectivity index (χ0) is 18.4. The van der Waals surface area contributed by atoms with Gasteiger partial charge in [-0.05, 0) is 35.1 Å². The first-order valence-corrected chi connectivity index (χ1v) is 8.59. The summed E-state index contributed by atoms with van der Waals surface area (Å²) in [5.41, 5.74) is 4.38. The van der Waals surface area contributed by atoms with Crippen LogP contribution < -0.4 is 10.6 Å². The van der Waals surface area contributed by atoms with Gasteiger partial charge in [-0.3, -0.25) is 4.79 Å². The molecule has 0 saturated heterocycles. The number of rotatable bonds is 6. The maximum absolute atomic E-state index is 12.5. The van der Waals surface area contributed by atoms with Gasteiger partial charge in [0.25, 0.3) is 0 Å². The minimum absolute atomic E-state index is 0.114. The highest BCUT2D eigenvalue weighted by molar-refractivity contribution is 5.95. The Kier molecular flexibility index (Phi) is 6.19. The van der Waals surface area contributed by atoms with E-state index in [2.05, 4.69) is 56.5 Å².